The summed E-state index contributed by atoms with van der Waals surface area (Å²) in [6, 6.07) is 17.4. The lowest BCUT2D eigenvalue weighted by Gasteiger charge is -2.08. The molecule has 138 valence electrons. The van der Waals surface area contributed by atoms with Gasteiger partial charge in [-0.15, -0.1) is 11.8 Å². The molecule has 5 nitrogen and oxygen atoms in total. The highest BCUT2D eigenvalue weighted by Gasteiger charge is 2.03. The van der Waals surface area contributed by atoms with Crippen LogP contribution in [-0.2, 0) is 23.7 Å². The first-order valence-corrected chi connectivity index (χ1v) is 9.80. The number of hydrogen-bond donors (Lipinski definition) is 1. The molecule has 0 saturated heterocycles. The molecular weight excluding hydrogens is 358 g/mol. The van der Waals surface area contributed by atoms with Crippen molar-refractivity contribution >= 4 is 17.7 Å². The second kappa shape index (κ2) is 10.3. The molecule has 1 amide bonds. The summed E-state index contributed by atoms with van der Waals surface area (Å²) < 4.78 is 5.71. The van der Waals surface area contributed by atoms with Gasteiger partial charge in [0.25, 0.3) is 0 Å². The second-order valence-electron chi connectivity index (χ2n) is 5.88. The normalized spacial score (nSPS) is 10.4. The van der Waals surface area contributed by atoms with Gasteiger partial charge in [-0.05, 0) is 41.5 Å². The van der Waals surface area contributed by atoms with Crippen molar-refractivity contribution < 1.29 is 9.53 Å². The first-order chi connectivity index (χ1) is 13.3. The number of ether oxygens (including phenoxy) is 1. The van der Waals surface area contributed by atoms with Crippen molar-refractivity contribution in [3.8, 4) is 5.75 Å². The van der Waals surface area contributed by atoms with Crippen molar-refractivity contribution in [2.24, 2.45) is 0 Å². The highest BCUT2D eigenvalue weighted by Crippen LogP contribution is 2.14. The van der Waals surface area contributed by atoms with Gasteiger partial charge in [-0.1, -0.05) is 24.3 Å². The molecule has 1 N–H and O–H groups in total. The second-order valence-corrected chi connectivity index (χ2v) is 6.87. The molecule has 0 aliphatic rings. The van der Waals surface area contributed by atoms with Crippen LogP contribution in [0.1, 0.15) is 16.8 Å². The maximum Gasteiger partial charge on any atom is 0.230 e. The Labute approximate surface area is 163 Å². The molecule has 0 spiro atoms. The molecule has 0 bridgehead atoms. The van der Waals surface area contributed by atoms with E-state index in [0.717, 1.165) is 28.3 Å². The van der Waals surface area contributed by atoms with Gasteiger partial charge in [0.15, 0.2) is 0 Å². The SMILES string of the molecule is O=C(CSCc1cccnc1)NCc1ccc(OCc2ccccn2)cc1. The summed E-state index contributed by atoms with van der Waals surface area (Å²) in [6.07, 6.45) is 5.32. The van der Waals surface area contributed by atoms with Gasteiger partial charge in [0.2, 0.25) is 5.91 Å². The Balaban J connectivity index is 1.36. The van der Waals surface area contributed by atoms with Crippen LogP contribution < -0.4 is 10.1 Å². The van der Waals surface area contributed by atoms with Gasteiger partial charge < -0.3 is 10.1 Å². The average Bonchev–Trinajstić information content (AvgIpc) is 2.73. The van der Waals surface area contributed by atoms with E-state index in [2.05, 4.69) is 15.3 Å². The van der Waals surface area contributed by atoms with E-state index >= 15 is 0 Å². The van der Waals surface area contributed by atoms with Crippen molar-refractivity contribution in [2.45, 2.75) is 18.9 Å². The molecular formula is C21H21N3O2S. The molecule has 0 saturated carbocycles. The monoisotopic (exact) mass is 379 g/mol. The number of hydrogen-bond acceptors (Lipinski definition) is 5. The number of thioether (sulfide) groups is 1. The molecule has 0 aliphatic heterocycles. The molecule has 27 heavy (non-hydrogen) atoms. The van der Waals surface area contributed by atoms with E-state index < -0.39 is 0 Å². The first kappa shape index (κ1) is 18.9. The van der Waals surface area contributed by atoms with Crippen LogP contribution in [0, 0.1) is 0 Å². The minimum Gasteiger partial charge on any atom is -0.487 e. The van der Waals surface area contributed by atoms with E-state index in [0.29, 0.717) is 18.9 Å². The summed E-state index contributed by atoms with van der Waals surface area (Å²) in [7, 11) is 0. The number of amides is 1. The third kappa shape index (κ3) is 6.75. The van der Waals surface area contributed by atoms with E-state index in [9.17, 15) is 4.79 Å². The Morgan fingerprint density at radius 2 is 1.89 bits per heavy atom. The quantitative estimate of drug-likeness (QED) is 0.615. The van der Waals surface area contributed by atoms with Crippen LogP contribution in [0.15, 0.2) is 73.2 Å². The summed E-state index contributed by atoms with van der Waals surface area (Å²) in [5.74, 6) is 2.02. The Hall–Kier alpha value is -2.86. The number of benzene rings is 1. The van der Waals surface area contributed by atoms with E-state index in [1.165, 1.54) is 0 Å². The molecule has 3 aromatic rings. The standard InChI is InChI=1S/C21H21N3O2S/c25-21(16-27-15-18-4-3-10-22-12-18)24-13-17-6-8-20(9-7-17)26-14-19-5-1-2-11-23-19/h1-12H,13-16H2,(H,24,25). The van der Waals surface area contributed by atoms with E-state index in [-0.39, 0.29) is 5.91 Å². The fourth-order valence-corrected chi connectivity index (χ4v) is 3.14. The topological polar surface area (TPSA) is 64.1 Å². The maximum absolute atomic E-state index is 12.0. The number of rotatable bonds is 9. The van der Waals surface area contributed by atoms with Crippen LogP contribution >= 0.6 is 11.8 Å². The lowest BCUT2D eigenvalue weighted by Crippen LogP contribution is -2.24. The lowest BCUT2D eigenvalue weighted by molar-refractivity contribution is -0.118. The lowest BCUT2D eigenvalue weighted by atomic mass is 10.2. The fraction of sp³-hybridized carbons (Fsp3) is 0.190. The van der Waals surface area contributed by atoms with Gasteiger partial charge in [0, 0.05) is 30.9 Å². The Morgan fingerprint density at radius 1 is 1.00 bits per heavy atom. The third-order valence-electron chi connectivity index (χ3n) is 3.75. The molecule has 0 aliphatic carbocycles. The fourth-order valence-electron chi connectivity index (χ4n) is 2.34. The maximum atomic E-state index is 12.0. The zero-order valence-electron chi connectivity index (χ0n) is 14.9. The minimum absolute atomic E-state index is 0.0272. The summed E-state index contributed by atoms with van der Waals surface area (Å²) in [6.45, 7) is 0.942. The highest BCUT2D eigenvalue weighted by atomic mass is 32.2. The van der Waals surface area contributed by atoms with E-state index in [1.54, 1.807) is 24.2 Å². The summed E-state index contributed by atoms with van der Waals surface area (Å²) in [4.78, 5) is 20.2. The number of nitrogens with zero attached hydrogens (tertiary/aromatic N) is 2. The van der Waals surface area contributed by atoms with E-state index in [4.69, 9.17) is 4.74 Å². The minimum atomic E-state index is 0.0272. The summed E-state index contributed by atoms with van der Waals surface area (Å²) >= 11 is 1.58. The van der Waals surface area contributed by atoms with E-state index in [1.807, 2.05) is 60.8 Å². The number of nitrogens with one attached hydrogen (secondary N) is 1. The van der Waals surface area contributed by atoms with Gasteiger partial charge >= 0.3 is 0 Å². The zero-order chi connectivity index (χ0) is 18.7. The Morgan fingerprint density at radius 3 is 2.63 bits per heavy atom. The van der Waals surface area contributed by atoms with Crippen LogP contribution in [0.2, 0.25) is 0 Å². The van der Waals surface area contributed by atoms with Gasteiger partial charge in [-0.25, -0.2) is 0 Å². The number of carbonyl (C=O) groups is 1. The van der Waals surface area contributed by atoms with Gasteiger partial charge in [0.05, 0.1) is 11.4 Å². The van der Waals surface area contributed by atoms with Crippen molar-refractivity contribution in [3.05, 3.63) is 90.0 Å². The molecule has 0 atom stereocenters. The molecule has 2 aromatic heterocycles. The molecule has 3 rings (SSSR count). The van der Waals surface area contributed by atoms with Crippen molar-refractivity contribution in [1.82, 2.24) is 15.3 Å². The number of carbonyl (C=O) groups excluding carboxylic acids is 1. The molecule has 6 heteroatoms. The van der Waals surface area contributed by atoms with Crippen LogP contribution in [0.5, 0.6) is 5.75 Å². The Kier molecular flexibility index (Phi) is 7.24. The van der Waals surface area contributed by atoms with Gasteiger partial charge in [-0.3, -0.25) is 14.8 Å². The number of pyridine rings is 2. The van der Waals surface area contributed by atoms with Crippen molar-refractivity contribution in [3.63, 3.8) is 0 Å². The number of aromatic nitrogens is 2. The predicted molar refractivity (Wildman–Crippen MR) is 107 cm³/mol. The molecule has 1 aromatic carbocycles. The van der Waals surface area contributed by atoms with Gasteiger partial charge in [-0.2, -0.15) is 0 Å². The van der Waals surface area contributed by atoms with Crippen LogP contribution in [0.3, 0.4) is 0 Å². The molecule has 0 unspecified atom stereocenters. The zero-order valence-corrected chi connectivity index (χ0v) is 15.7. The molecule has 2 heterocycles. The van der Waals surface area contributed by atoms with Gasteiger partial charge in [0.1, 0.15) is 12.4 Å². The third-order valence-corrected chi connectivity index (χ3v) is 4.75. The molecule has 0 fully saturated rings. The van der Waals surface area contributed by atoms with Crippen molar-refractivity contribution in [1.29, 1.82) is 0 Å². The first-order valence-electron chi connectivity index (χ1n) is 8.64. The van der Waals surface area contributed by atoms with Crippen LogP contribution in [-0.4, -0.2) is 21.6 Å². The van der Waals surface area contributed by atoms with Crippen LogP contribution in [0.25, 0.3) is 0 Å². The average molecular weight is 379 g/mol. The highest BCUT2D eigenvalue weighted by molar-refractivity contribution is 7.99. The Bertz CT molecular complexity index is 827. The van der Waals surface area contributed by atoms with Crippen LogP contribution in [0.4, 0.5) is 0 Å². The molecule has 0 radical (unpaired) electrons. The largest absolute Gasteiger partial charge is 0.487 e. The van der Waals surface area contributed by atoms with Crippen molar-refractivity contribution in [2.75, 3.05) is 5.75 Å². The summed E-state index contributed by atoms with van der Waals surface area (Å²) in [5, 5.41) is 2.94. The smallest absolute Gasteiger partial charge is 0.230 e. The summed E-state index contributed by atoms with van der Waals surface area (Å²) in [5.41, 5.74) is 3.04. The predicted octanol–water partition coefficient (Wildman–Crippen LogP) is 3.61.